The fraction of sp³-hybridized carbons (Fsp3) is 0.938. The number of nitrogens with one attached hydrogen (secondary N) is 2. The van der Waals surface area contributed by atoms with E-state index in [0.717, 1.165) is 0 Å². The minimum atomic E-state index is -1.35. The lowest BCUT2D eigenvalue weighted by atomic mass is 9.96. The van der Waals surface area contributed by atoms with Crippen LogP contribution in [-0.4, -0.2) is 110 Å². The van der Waals surface area contributed by atoms with E-state index in [2.05, 4.69) is 10.6 Å². The van der Waals surface area contributed by atoms with Crippen LogP contribution < -0.4 is 10.6 Å². The van der Waals surface area contributed by atoms with Crippen molar-refractivity contribution in [2.24, 2.45) is 0 Å². The van der Waals surface area contributed by atoms with Gasteiger partial charge in [-0.15, -0.1) is 11.8 Å². The average Bonchev–Trinajstić information content (AvgIpc) is 3.03. The van der Waals surface area contributed by atoms with Gasteiger partial charge in [0.05, 0.1) is 34.9 Å². The summed E-state index contributed by atoms with van der Waals surface area (Å²) in [6.45, 7) is 2.62. The number of aliphatic hydroxyl groups is 5. The zero-order chi connectivity index (χ0) is 20.6. The SMILES string of the molecule is CC(=S)N[C@H]1[C@H](O[C@@H]2[C@H](O)[C@H]3S[C@H](C)N[C@H]3O[C@@H]2CO)O[C@H](CO)[C@@H](O)[C@@H]1O. The quantitative estimate of drug-likeness (QED) is 0.222. The van der Waals surface area contributed by atoms with Gasteiger partial charge in [-0.2, -0.15) is 0 Å². The lowest BCUT2D eigenvalue weighted by molar-refractivity contribution is -0.310. The fourth-order valence-corrected chi connectivity index (χ4v) is 5.20. The molecule has 3 heterocycles. The number of aliphatic hydroxyl groups excluding tert-OH is 5. The standard InChI is InChI=1S/C16H28N2O8S2/c1-5(27)17-9-11(22)10(21)7(3-19)25-16(9)26-13-8(4-20)24-15-14(12(13)23)28-6(2)18-15/h6-16,18-23H,3-4H2,1-2H3,(H,17,27)/t6-,7-,8-,9-,10-,11-,12+,13+,14-,15+,16+/m1/s1. The summed E-state index contributed by atoms with van der Waals surface area (Å²) in [4.78, 5) is 0.347. The number of ether oxygens (including phenoxy) is 3. The average molecular weight is 441 g/mol. The minimum absolute atomic E-state index is 0.0660. The molecule has 3 aliphatic rings. The smallest absolute Gasteiger partial charge is 0.181 e. The van der Waals surface area contributed by atoms with Gasteiger partial charge >= 0.3 is 0 Å². The first kappa shape index (κ1) is 22.6. The Balaban J connectivity index is 1.80. The largest absolute Gasteiger partial charge is 0.394 e. The first-order chi connectivity index (χ1) is 13.3. The molecule has 0 saturated carbocycles. The zero-order valence-corrected chi connectivity index (χ0v) is 17.2. The maximum Gasteiger partial charge on any atom is 0.181 e. The third-order valence-electron chi connectivity index (χ3n) is 5.14. The van der Waals surface area contributed by atoms with E-state index >= 15 is 0 Å². The molecule has 3 aliphatic heterocycles. The Bertz CT molecular complexity index is 561. The minimum Gasteiger partial charge on any atom is -0.394 e. The molecule has 0 unspecified atom stereocenters. The van der Waals surface area contributed by atoms with Crippen LogP contribution in [0, 0.1) is 0 Å². The van der Waals surface area contributed by atoms with Gasteiger partial charge in [0, 0.05) is 0 Å². The van der Waals surface area contributed by atoms with Crippen molar-refractivity contribution < 1.29 is 39.7 Å². The molecule has 0 aromatic heterocycles. The first-order valence-corrected chi connectivity index (χ1v) is 10.5. The monoisotopic (exact) mass is 440 g/mol. The van der Waals surface area contributed by atoms with Gasteiger partial charge < -0.3 is 45.1 Å². The highest BCUT2D eigenvalue weighted by atomic mass is 32.2. The van der Waals surface area contributed by atoms with E-state index < -0.39 is 68.4 Å². The van der Waals surface area contributed by atoms with E-state index in [0.29, 0.717) is 4.99 Å². The molecule has 0 radical (unpaired) electrons. The van der Waals surface area contributed by atoms with Gasteiger partial charge in [0.2, 0.25) is 0 Å². The van der Waals surface area contributed by atoms with Crippen molar-refractivity contribution in [3.8, 4) is 0 Å². The van der Waals surface area contributed by atoms with Gasteiger partial charge in [0.15, 0.2) is 6.29 Å². The second-order valence-electron chi connectivity index (χ2n) is 7.21. The van der Waals surface area contributed by atoms with Crippen LogP contribution in [0.1, 0.15) is 13.8 Å². The molecule has 3 fully saturated rings. The Labute approximate surface area is 172 Å². The molecule has 3 saturated heterocycles. The molecule has 0 bridgehead atoms. The highest BCUT2D eigenvalue weighted by Crippen LogP contribution is 2.38. The predicted octanol–water partition coefficient (Wildman–Crippen LogP) is -2.75. The number of fused-ring (bicyclic) bond motifs is 1. The van der Waals surface area contributed by atoms with Crippen LogP contribution in [0.5, 0.6) is 0 Å². The van der Waals surface area contributed by atoms with Crippen LogP contribution in [0.3, 0.4) is 0 Å². The van der Waals surface area contributed by atoms with Crippen LogP contribution in [0.15, 0.2) is 0 Å². The summed E-state index contributed by atoms with van der Waals surface area (Å²) in [6.07, 6.45) is -8.10. The maximum atomic E-state index is 10.9. The number of thioether (sulfide) groups is 1. The Hall–Kier alpha value is -0.120. The van der Waals surface area contributed by atoms with E-state index in [1.54, 1.807) is 6.92 Å². The van der Waals surface area contributed by atoms with Gasteiger partial charge in [-0.05, 0) is 13.8 Å². The van der Waals surface area contributed by atoms with E-state index in [1.807, 2.05) is 6.92 Å². The van der Waals surface area contributed by atoms with E-state index in [4.69, 9.17) is 26.4 Å². The van der Waals surface area contributed by atoms with Crippen molar-refractivity contribution in [3.63, 3.8) is 0 Å². The lowest BCUT2D eigenvalue weighted by Crippen LogP contribution is -2.67. The van der Waals surface area contributed by atoms with E-state index in [1.165, 1.54) is 11.8 Å². The summed E-state index contributed by atoms with van der Waals surface area (Å²) in [5, 5.41) is 56.4. The first-order valence-electron chi connectivity index (χ1n) is 9.17. The van der Waals surface area contributed by atoms with Crippen molar-refractivity contribution >= 4 is 29.0 Å². The van der Waals surface area contributed by atoms with Crippen molar-refractivity contribution in [2.45, 2.75) is 79.7 Å². The summed E-state index contributed by atoms with van der Waals surface area (Å²) in [5.41, 5.74) is 0. The molecule has 0 aromatic carbocycles. The van der Waals surface area contributed by atoms with Gasteiger partial charge in [0.1, 0.15) is 42.8 Å². The molecule has 7 N–H and O–H groups in total. The Kier molecular flexibility index (Phi) is 7.53. The number of hydrogen-bond acceptors (Lipinski definition) is 11. The summed E-state index contributed by atoms with van der Waals surface area (Å²) in [5.74, 6) is 0. The van der Waals surface area contributed by atoms with Gasteiger partial charge in [0.25, 0.3) is 0 Å². The van der Waals surface area contributed by atoms with Crippen LogP contribution in [-0.2, 0) is 14.2 Å². The van der Waals surface area contributed by atoms with E-state index in [9.17, 15) is 25.5 Å². The van der Waals surface area contributed by atoms with Crippen LogP contribution in [0.4, 0.5) is 0 Å². The number of rotatable bonds is 5. The molecular weight excluding hydrogens is 412 g/mol. The molecule has 0 spiro atoms. The Morgan fingerprint density at radius 1 is 1.11 bits per heavy atom. The fourth-order valence-electron chi connectivity index (χ4n) is 3.78. The van der Waals surface area contributed by atoms with Crippen molar-refractivity contribution in [1.82, 2.24) is 10.6 Å². The Morgan fingerprint density at radius 3 is 2.39 bits per heavy atom. The molecule has 162 valence electrons. The normalized spacial score (nSPS) is 48.9. The molecule has 3 rings (SSSR count). The third-order valence-corrected chi connectivity index (χ3v) is 6.64. The van der Waals surface area contributed by atoms with E-state index in [-0.39, 0.29) is 10.6 Å². The topological polar surface area (TPSA) is 153 Å². The predicted molar refractivity (Wildman–Crippen MR) is 104 cm³/mol. The second-order valence-corrected chi connectivity index (χ2v) is 9.35. The summed E-state index contributed by atoms with van der Waals surface area (Å²) in [7, 11) is 0. The van der Waals surface area contributed by atoms with Crippen LogP contribution in [0.25, 0.3) is 0 Å². The summed E-state index contributed by atoms with van der Waals surface area (Å²) >= 11 is 6.54. The van der Waals surface area contributed by atoms with Gasteiger partial charge in [-0.3, -0.25) is 5.32 Å². The summed E-state index contributed by atoms with van der Waals surface area (Å²) in [6, 6.07) is -0.937. The highest BCUT2D eigenvalue weighted by molar-refractivity contribution is 8.00. The molecule has 0 aliphatic carbocycles. The number of thiocarbonyl (C=S) groups is 1. The van der Waals surface area contributed by atoms with Crippen LogP contribution >= 0.6 is 24.0 Å². The maximum absolute atomic E-state index is 10.9. The van der Waals surface area contributed by atoms with Crippen molar-refractivity contribution in [2.75, 3.05) is 13.2 Å². The second kappa shape index (κ2) is 9.35. The Morgan fingerprint density at radius 2 is 1.79 bits per heavy atom. The molecule has 11 atom stereocenters. The third kappa shape index (κ3) is 4.47. The van der Waals surface area contributed by atoms with Crippen molar-refractivity contribution in [3.05, 3.63) is 0 Å². The molecule has 0 amide bonds. The van der Waals surface area contributed by atoms with Gasteiger partial charge in [-0.1, -0.05) is 12.2 Å². The highest BCUT2D eigenvalue weighted by Gasteiger charge is 2.53. The molecule has 0 aromatic rings. The molecule has 10 nitrogen and oxygen atoms in total. The van der Waals surface area contributed by atoms with Crippen molar-refractivity contribution in [1.29, 1.82) is 0 Å². The zero-order valence-electron chi connectivity index (χ0n) is 15.5. The molecule has 28 heavy (non-hydrogen) atoms. The molecule has 12 heteroatoms. The summed E-state index contributed by atoms with van der Waals surface area (Å²) < 4.78 is 17.4. The lowest BCUT2D eigenvalue weighted by Gasteiger charge is -2.47. The number of hydrogen-bond donors (Lipinski definition) is 7. The van der Waals surface area contributed by atoms with Crippen LogP contribution in [0.2, 0.25) is 0 Å². The molecular formula is C16H28N2O8S2. The van der Waals surface area contributed by atoms with Gasteiger partial charge in [-0.25, -0.2) is 0 Å².